The number of halogens is 3. The molecule has 0 aliphatic carbocycles. The SMILES string of the molecule is COc1ccc(C(C)(c2ccc(O)cc2)C(F)(F)F)cc1.O=S(=O)(c1ccccc1)c1ccccc1. The Balaban J connectivity index is 0.000000212. The number of hydrogen-bond acceptors (Lipinski definition) is 4. The number of alkyl halides is 3. The van der Waals surface area contributed by atoms with Crippen LogP contribution in [0.25, 0.3) is 0 Å². The van der Waals surface area contributed by atoms with Gasteiger partial charge in [-0.15, -0.1) is 0 Å². The molecule has 0 saturated heterocycles. The molecule has 0 heterocycles. The molecular formula is C28H25F3O4S. The summed E-state index contributed by atoms with van der Waals surface area (Å²) in [5.41, 5.74) is -1.98. The Morgan fingerprint density at radius 3 is 1.42 bits per heavy atom. The Morgan fingerprint density at radius 2 is 1.06 bits per heavy atom. The first-order chi connectivity index (χ1) is 17.0. The van der Waals surface area contributed by atoms with E-state index in [9.17, 15) is 26.7 Å². The van der Waals surface area contributed by atoms with Gasteiger partial charge in [0.2, 0.25) is 9.84 Å². The molecule has 4 rings (SSSR count). The minimum absolute atomic E-state index is 0.0676. The summed E-state index contributed by atoms with van der Waals surface area (Å²) in [6, 6.07) is 27.7. The molecule has 0 radical (unpaired) electrons. The lowest BCUT2D eigenvalue weighted by Gasteiger charge is -2.33. The van der Waals surface area contributed by atoms with Gasteiger partial charge in [-0.25, -0.2) is 8.42 Å². The first-order valence-electron chi connectivity index (χ1n) is 10.9. The molecule has 1 unspecified atom stereocenters. The van der Waals surface area contributed by atoms with Crippen LogP contribution < -0.4 is 4.74 Å². The van der Waals surface area contributed by atoms with Crippen molar-refractivity contribution in [3.63, 3.8) is 0 Å². The zero-order chi connectivity index (χ0) is 26.4. The minimum Gasteiger partial charge on any atom is -0.508 e. The summed E-state index contributed by atoms with van der Waals surface area (Å²) in [6.07, 6.45) is -4.47. The van der Waals surface area contributed by atoms with Gasteiger partial charge >= 0.3 is 6.18 Å². The van der Waals surface area contributed by atoms with Crippen LogP contribution in [0, 0.1) is 0 Å². The lowest BCUT2D eigenvalue weighted by molar-refractivity contribution is -0.173. The van der Waals surface area contributed by atoms with Crippen molar-refractivity contribution >= 4 is 9.84 Å². The maximum absolute atomic E-state index is 13.7. The van der Waals surface area contributed by atoms with Crippen LogP contribution in [0.1, 0.15) is 18.1 Å². The molecule has 4 aromatic rings. The van der Waals surface area contributed by atoms with Crippen LogP contribution in [-0.4, -0.2) is 26.8 Å². The van der Waals surface area contributed by atoms with Crippen molar-refractivity contribution < 1.29 is 31.4 Å². The van der Waals surface area contributed by atoms with Crippen LogP contribution in [-0.2, 0) is 15.3 Å². The summed E-state index contributed by atoms with van der Waals surface area (Å²) < 4.78 is 70.0. The van der Waals surface area contributed by atoms with Gasteiger partial charge in [0.25, 0.3) is 0 Å². The summed E-state index contributed by atoms with van der Waals surface area (Å²) in [7, 11) is -1.88. The third-order valence-electron chi connectivity index (χ3n) is 5.79. The van der Waals surface area contributed by atoms with Gasteiger partial charge in [0.1, 0.15) is 16.9 Å². The molecule has 36 heavy (non-hydrogen) atoms. The van der Waals surface area contributed by atoms with Gasteiger partial charge in [-0.3, -0.25) is 0 Å². The van der Waals surface area contributed by atoms with Crippen molar-refractivity contribution in [3.8, 4) is 11.5 Å². The second-order valence-electron chi connectivity index (χ2n) is 8.03. The average molecular weight is 515 g/mol. The maximum atomic E-state index is 13.7. The van der Waals surface area contributed by atoms with Crippen LogP contribution in [0.3, 0.4) is 0 Å². The number of benzene rings is 4. The Hall–Kier alpha value is -3.78. The minimum atomic E-state index is -4.47. The Bertz CT molecular complexity index is 1310. The van der Waals surface area contributed by atoms with Gasteiger partial charge in [0, 0.05) is 0 Å². The standard InChI is InChI=1S/C16H15F3O2.C12H10O2S/c1-15(16(17,18)19,11-3-7-13(20)8-4-11)12-5-9-14(21-2)10-6-12;13-15(14,11-7-3-1-4-8-11)12-9-5-2-6-10-12/h3-10,20H,1-2H3;1-10H. The van der Waals surface area contributed by atoms with E-state index in [4.69, 9.17) is 4.74 Å². The molecule has 0 spiro atoms. The fraction of sp³-hybridized carbons (Fsp3) is 0.143. The van der Waals surface area contributed by atoms with Gasteiger partial charge < -0.3 is 9.84 Å². The van der Waals surface area contributed by atoms with Crippen molar-refractivity contribution in [3.05, 3.63) is 120 Å². The van der Waals surface area contributed by atoms with E-state index in [0.29, 0.717) is 15.5 Å². The molecule has 0 aromatic heterocycles. The summed E-state index contributed by atoms with van der Waals surface area (Å²) in [6.45, 7) is 1.13. The topological polar surface area (TPSA) is 63.6 Å². The van der Waals surface area contributed by atoms with Gasteiger partial charge in [-0.05, 0) is 66.6 Å². The van der Waals surface area contributed by atoms with Crippen molar-refractivity contribution in [2.45, 2.75) is 28.3 Å². The zero-order valence-electron chi connectivity index (χ0n) is 19.6. The average Bonchev–Trinajstić information content (AvgIpc) is 2.89. The van der Waals surface area contributed by atoms with Crippen molar-refractivity contribution in [2.75, 3.05) is 7.11 Å². The van der Waals surface area contributed by atoms with Crippen LogP contribution >= 0.6 is 0 Å². The predicted octanol–water partition coefficient (Wildman–Crippen LogP) is 6.79. The molecule has 1 atom stereocenters. The zero-order valence-corrected chi connectivity index (χ0v) is 20.4. The molecule has 0 saturated carbocycles. The largest absolute Gasteiger partial charge is 0.508 e. The Labute approximate surface area is 208 Å². The van der Waals surface area contributed by atoms with E-state index in [1.54, 1.807) is 60.7 Å². The smallest absolute Gasteiger partial charge is 0.402 e. The number of rotatable bonds is 5. The quantitative estimate of drug-likeness (QED) is 0.319. The van der Waals surface area contributed by atoms with Gasteiger partial charge in [0.15, 0.2) is 0 Å². The van der Waals surface area contributed by atoms with E-state index in [-0.39, 0.29) is 16.9 Å². The number of methoxy groups -OCH3 is 1. The highest BCUT2D eigenvalue weighted by Gasteiger charge is 2.53. The molecule has 0 bridgehead atoms. The van der Waals surface area contributed by atoms with Gasteiger partial charge in [0.05, 0.1) is 16.9 Å². The Morgan fingerprint density at radius 1 is 0.667 bits per heavy atom. The maximum Gasteiger partial charge on any atom is 0.402 e. The molecule has 1 N–H and O–H groups in total. The summed E-state index contributed by atoms with van der Waals surface area (Å²) in [5.74, 6) is 0.423. The lowest BCUT2D eigenvalue weighted by atomic mass is 9.75. The van der Waals surface area contributed by atoms with E-state index in [2.05, 4.69) is 0 Å². The van der Waals surface area contributed by atoms with Crippen LogP contribution in [0.5, 0.6) is 11.5 Å². The van der Waals surface area contributed by atoms with E-state index in [1.165, 1.54) is 55.6 Å². The fourth-order valence-electron chi connectivity index (χ4n) is 3.55. The fourth-order valence-corrected chi connectivity index (χ4v) is 4.85. The molecule has 8 heteroatoms. The number of ether oxygens (including phenoxy) is 1. The highest BCUT2D eigenvalue weighted by atomic mass is 32.2. The van der Waals surface area contributed by atoms with Gasteiger partial charge in [-0.2, -0.15) is 13.2 Å². The Kier molecular flexibility index (Phi) is 8.10. The highest BCUT2D eigenvalue weighted by Crippen LogP contribution is 2.46. The molecule has 4 nitrogen and oxygen atoms in total. The predicted molar refractivity (Wildman–Crippen MR) is 132 cm³/mol. The number of aromatic hydroxyl groups is 1. The number of phenolic OH excluding ortho intramolecular Hbond substituents is 1. The first kappa shape index (κ1) is 26.8. The molecule has 0 aliphatic rings. The molecule has 188 valence electrons. The molecule has 0 fully saturated rings. The van der Waals surface area contributed by atoms with E-state index in [1.807, 2.05) is 0 Å². The van der Waals surface area contributed by atoms with E-state index in [0.717, 1.165) is 6.92 Å². The van der Waals surface area contributed by atoms with Crippen LogP contribution in [0.2, 0.25) is 0 Å². The van der Waals surface area contributed by atoms with Crippen molar-refractivity contribution in [2.24, 2.45) is 0 Å². The first-order valence-corrected chi connectivity index (χ1v) is 12.3. The van der Waals surface area contributed by atoms with E-state index < -0.39 is 21.4 Å². The molecule has 0 amide bonds. The van der Waals surface area contributed by atoms with Crippen molar-refractivity contribution in [1.82, 2.24) is 0 Å². The third kappa shape index (κ3) is 5.71. The van der Waals surface area contributed by atoms with E-state index >= 15 is 0 Å². The lowest BCUT2D eigenvalue weighted by Crippen LogP contribution is -2.40. The summed E-state index contributed by atoms with van der Waals surface area (Å²) in [5, 5.41) is 9.27. The number of sulfone groups is 1. The highest BCUT2D eigenvalue weighted by molar-refractivity contribution is 7.91. The summed E-state index contributed by atoms with van der Waals surface area (Å²) in [4.78, 5) is 0.660. The number of hydrogen-bond donors (Lipinski definition) is 1. The second kappa shape index (κ2) is 10.9. The number of phenols is 1. The van der Waals surface area contributed by atoms with Crippen LogP contribution in [0.4, 0.5) is 13.2 Å². The molecule has 4 aromatic carbocycles. The van der Waals surface area contributed by atoms with Gasteiger partial charge in [-0.1, -0.05) is 60.7 Å². The second-order valence-corrected chi connectivity index (χ2v) is 9.98. The third-order valence-corrected chi connectivity index (χ3v) is 7.57. The van der Waals surface area contributed by atoms with Crippen LogP contribution in [0.15, 0.2) is 119 Å². The molecular weight excluding hydrogens is 489 g/mol. The monoisotopic (exact) mass is 514 g/mol. The summed E-state index contributed by atoms with van der Waals surface area (Å²) >= 11 is 0. The normalized spacial score (nSPS) is 13.1. The van der Waals surface area contributed by atoms with Crippen molar-refractivity contribution in [1.29, 1.82) is 0 Å². The molecule has 0 aliphatic heterocycles.